The molecule has 2 heterocycles. The lowest BCUT2D eigenvalue weighted by molar-refractivity contribution is 0.0663. The number of nitrogens with zero attached hydrogens (tertiary/aromatic N) is 1. The number of halogens is 2. The van der Waals surface area contributed by atoms with E-state index in [0.717, 1.165) is 34.9 Å². The summed E-state index contributed by atoms with van der Waals surface area (Å²) in [5.41, 5.74) is 3.36. The van der Waals surface area contributed by atoms with Gasteiger partial charge in [-0.3, -0.25) is 4.79 Å². The second-order valence-corrected chi connectivity index (χ2v) is 9.40. The van der Waals surface area contributed by atoms with Gasteiger partial charge in [0.2, 0.25) is 5.76 Å². The molecule has 0 aliphatic carbocycles. The largest absolute Gasteiger partial charge is 0.489 e. The van der Waals surface area contributed by atoms with E-state index in [-0.39, 0.29) is 12.2 Å². The number of carboxylic acids is 1. The van der Waals surface area contributed by atoms with E-state index in [1.807, 2.05) is 24.3 Å². The Hall–Kier alpha value is -4.07. The van der Waals surface area contributed by atoms with Gasteiger partial charge in [-0.25, -0.2) is 4.79 Å². The zero-order valence-corrected chi connectivity index (χ0v) is 21.7. The fourth-order valence-electron chi connectivity index (χ4n) is 4.18. The second kappa shape index (κ2) is 10.7. The van der Waals surface area contributed by atoms with E-state index in [9.17, 15) is 9.59 Å². The molecule has 0 unspecified atom stereocenters. The normalized spacial score (nSPS) is 11.1. The topological polar surface area (TPSA) is 103 Å². The molecular weight excluding hydrogens is 529 g/mol. The van der Waals surface area contributed by atoms with Crippen molar-refractivity contribution in [1.29, 1.82) is 0 Å². The quantitative estimate of drug-likeness (QED) is 0.212. The Labute approximate surface area is 227 Å². The fourth-order valence-corrected chi connectivity index (χ4v) is 4.75. The van der Waals surface area contributed by atoms with Crippen molar-refractivity contribution in [2.75, 3.05) is 0 Å². The summed E-state index contributed by atoms with van der Waals surface area (Å²) >= 11 is 12.8. The molecule has 2 aromatic heterocycles. The van der Waals surface area contributed by atoms with Gasteiger partial charge in [0.05, 0.1) is 21.0 Å². The molecule has 1 N–H and O–H groups in total. The van der Waals surface area contributed by atoms with Crippen LogP contribution < -0.4 is 10.2 Å². The smallest absolute Gasteiger partial charge is 0.371 e. The molecule has 0 radical (unpaired) electrons. The fraction of sp³-hybridized carbons (Fsp3) is 0.138. The molecule has 0 saturated carbocycles. The molecule has 0 amide bonds. The van der Waals surface area contributed by atoms with E-state index in [4.69, 9.17) is 42.0 Å². The number of carboxylic acid groups (broad SMARTS) is 1. The Morgan fingerprint density at radius 3 is 2.39 bits per heavy atom. The molecule has 5 aromatic rings. The zero-order chi connectivity index (χ0) is 26.8. The van der Waals surface area contributed by atoms with Gasteiger partial charge in [-0.1, -0.05) is 59.5 Å². The van der Waals surface area contributed by atoms with Gasteiger partial charge in [0.1, 0.15) is 29.4 Å². The van der Waals surface area contributed by atoms with Crippen molar-refractivity contribution in [3.63, 3.8) is 0 Å². The minimum Gasteiger partial charge on any atom is -0.489 e. The molecule has 0 aliphatic rings. The van der Waals surface area contributed by atoms with Crippen molar-refractivity contribution in [3.05, 3.63) is 104 Å². The summed E-state index contributed by atoms with van der Waals surface area (Å²) in [4.78, 5) is 23.6. The van der Waals surface area contributed by atoms with Gasteiger partial charge in [0, 0.05) is 18.1 Å². The molecule has 0 saturated heterocycles. The number of hydrogen-bond acceptors (Lipinski definition) is 6. The van der Waals surface area contributed by atoms with Crippen molar-refractivity contribution >= 4 is 40.1 Å². The van der Waals surface area contributed by atoms with E-state index in [1.165, 1.54) is 0 Å². The third kappa shape index (κ3) is 5.03. The average molecular weight is 550 g/mol. The van der Waals surface area contributed by atoms with Gasteiger partial charge < -0.3 is 18.8 Å². The highest BCUT2D eigenvalue weighted by Gasteiger charge is 2.22. The first-order chi connectivity index (χ1) is 18.4. The number of rotatable bonds is 8. The molecule has 0 spiro atoms. The summed E-state index contributed by atoms with van der Waals surface area (Å²) in [5.74, 6) is -0.346. The van der Waals surface area contributed by atoms with Gasteiger partial charge in [0.25, 0.3) is 0 Å². The third-order valence-electron chi connectivity index (χ3n) is 6.05. The zero-order valence-electron chi connectivity index (χ0n) is 20.2. The van der Waals surface area contributed by atoms with Crippen LogP contribution in [-0.2, 0) is 13.0 Å². The summed E-state index contributed by atoms with van der Waals surface area (Å²) in [7, 11) is 0. The van der Waals surface area contributed by atoms with Gasteiger partial charge in [-0.05, 0) is 53.9 Å². The molecule has 5 rings (SSSR count). The Bertz CT molecular complexity index is 1690. The van der Waals surface area contributed by atoms with Gasteiger partial charge in [-0.2, -0.15) is 0 Å². The summed E-state index contributed by atoms with van der Waals surface area (Å²) in [6.07, 6.45) is 1.56. The molecular formula is C29H21Cl2NO6. The lowest BCUT2D eigenvalue weighted by atomic mass is 10.0. The monoisotopic (exact) mass is 549 g/mol. The maximum atomic E-state index is 12.4. The van der Waals surface area contributed by atoms with E-state index in [2.05, 4.69) is 12.1 Å². The Kier molecular flexibility index (Phi) is 7.22. The number of aromatic nitrogens is 1. The van der Waals surface area contributed by atoms with Crippen molar-refractivity contribution < 1.29 is 23.6 Å². The highest BCUT2D eigenvalue weighted by Crippen LogP contribution is 2.37. The van der Waals surface area contributed by atoms with Gasteiger partial charge in [-0.15, -0.1) is 0 Å². The molecule has 9 heteroatoms. The van der Waals surface area contributed by atoms with Gasteiger partial charge in [0.15, 0.2) is 5.43 Å². The first-order valence-corrected chi connectivity index (χ1v) is 12.6. The number of ether oxygens (including phenoxy) is 1. The predicted molar refractivity (Wildman–Crippen MR) is 145 cm³/mol. The van der Waals surface area contributed by atoms with Crippen LogP contribution in [0.3, 0.4) is 0 Å². The van der Waals surface area contributed by atoms with Crippen molar-refractivity contribution in [2.45, 2.75) is 26.4 Å². The number of hydrogen-bond donors (Lipinski definition) is 1. The van der Waals surface area contributed by atoms with Crippen molar-refractivity contribution in [1.82, 2.24) is 5.16 Å². The van der Waals surface area contributed by atoms with Crippen molar-refractivity contribution in [3.8, 4) is 28.1 Å². The standard InChI is InChI=1S/C29H21Cl2NO6/c1-2-4-25-20(28(32-38-25)27-21(30)5-3-6-22(27)31)15-36-18-10-7-16(8-11-18)17-9-12-24-19(13-17)23(33)14-26(37-24)29(34)35/h3,5-14H,2,4,15H2,1H3,(H,34,35). The maximum absolute atomic E-state index is 12.4. The first kappa shape index (κ1) is 25.6. The highest BCUT2D eigenvalue weighted by atomic mass is 35.5. The molecule has 7 nitrogen and oxygen atoms in total. The Balaban J connectivity index is 1.39. The molecule has 192 valence electrons. The third-order valence-corrected chi connectivity index (χ3v) is 6.68. The second-order valence-electron chi connectivity index (χ2n) is 8.58. The Morgan fingerprint density at radius 2 is 1.71 bits per heavy atom. The van der Waals surface area contributed by atoms with Crippen LogP contribution in [0, 0.1) is 0 Å². The molecule has 0 fully saturated rings. The van der Waals surface area contributed by atoms with Crippen molar-refractivity contribution in [2.24, 2.45) is 0 Å². The summed E-state index contributed by atoms with van der Waals surface area (Å²) < 4.78 is 17.0. The lowest BCUT2D eigenvalue weighted by Gasteiger charge is -2.10. The van der Waals surface area contributed by atoms with E-state index in [1.54, 1.807) is 36.4 Å². The molecule has 0 bridgehead atoms. The average Bonchev–Trinajstić information content (AvgIpc) is 3.29. The van der Waals surface area contributed by atoms with Crippen LogP contribution in [0.4, 0.5) is 0 Å². The van der Waals surface area contributed by atoms with E-state index >= 15 is 0 Å². The minimum absolute atomic E-state index is 0.206. The number of aryl methyl sites for hydroxylation is 1. The molecule has 0 aliphatic heterocycles. The summed E-state index contributed by atoms with van der Waals surface area (Å²) in [6, 6.07) is 18.7. The van der Waals surface area contributed by atoms with Crippen LogP contribution in [-0.4, -0.2) is 16.2 Å². The van der Waals surface area contributed by atoms with Crippen LogP contribution >= 0.6 is 23.2 Å². The molecule has 3 aromatic carbocycles. The van der Waals surface area contributed by atoms with Crippen LogP contribution in [0.2, 0.25) is 10.0 Å². The Morgan fingerprint density at radius 1 is 1.00 bits per heavy atom. The SMILES string of the molecule is CCCc1onc(-c2c(Cl)cccc2Cl)c1COc1ccc(-c2ccc3oc(C(=O)O)cc(=O)c3c2)cc1. The number of fused-ring (bicyclic) bond motifs is 1. The van der Waals surface area contributed by atoms with Gasteiger partial charge >= 0.3 is 5.97 Å². The summed E-state index contributed by atoms with van der Waals surface area (Å²) in [5, 5.41) is 14.6. The van der Waals surface area contributed by atoms with E-state index in [0.29, 0.717) is 38.9 Å². The number of benzene rings is 3. The molecule has 0 atom stereocenters. The maximum Gasteiger partial charge on any atom is 0.371 e. The van der Waals surface area contributed by atoms with Crippen LogP contribution in [0.1, 0.15) is 35.2 Å². The minimum atomic E-state index is -1.29. The number of carbonyl (C=O) groups is 1. The summed E-state index contributed by atoms with van der Waals surface area (Å²) in [6.45, 7) is 2.26. The first-order valence-electron chi connectivity index (χ1n) is 11.8. The van der Waals surface area contributed by atoms with Crippen LogP contribution in [0.15, 0.2) is 80.5 Å². The van der Waals surface area contributed by atoms with Crippen LogP contribution in [0.5, 0.6) is 5.75 Å². The highest BCUT2D eigenvalue weighted by molar-refractivity contribution is 6.39. The van der Waals surface area contributed by atoms with Crippen LogP contribution in [0.25, 0.3) is 33.4 Å². The molecule has 38 heavy (non-hydrogen) atoms. The number of aromatic carboxylic acids is 1. The van der Waals surface area contributed by atoms with E-state index < -0.39 is 17.2 Å². The predicted octanol–water partition coefficient (Wildman–Crippen LogP) is 7.65. The lowest BCUT2D eigenvalue weighted by Crippen LogP contribution is -2.06.